The van der Waals surface area contributed by atoms with E-state index in [0.29, 0.717) is 5.33 Å². The number of ketones is 2. The lowest BCUT2D eigenvalue weighted by Crippen LogP contribution is -2.32. The van der Waals surface area contributed by atoms with E-state index in [1.165, 1.54) is 30.0 Å². The van der Waals surface area contributed by atoms with E-state index >= 15 is 0 Å². The van der Waals surface area contributed by atoms with Gasteiger partial charge in [-0.3, -0.25) is 14.4 Å². The minimum absolute atomic E-state index is 0.202. The van der Waals surface area contributed by atoms with Crippen LogP contribution in [0.5, 0.6) is 0 Å². The van der Waals surface area contributed by atoms with Crippen LogP contribution in [0.2, 0.25) is 0 Å². The Hall–Kier alpha value is -1.56. The average Bonchev–Trinajstić information content (AvgIpc) is 2.65. The number of nitrogens with zero attached hydrogens (tertiary/aromatic N) is 1. The van der Waals surface area contributed by atoms with Gasteiger partial charge in [-0.15, -0.1) is 0 Å². The lowest BCUT2D eigenvalue weighted by atomic mass is 9.89. The van der Waals surface area contributed by atoms with Crippen molar-refractivity contribution in [3.63, 3.8) is 0 Å². The molecule has 0 radical (unpaired) electrons. The lowest BCUT2D eigenvalue weighted by molar-refractivity contribution is -0.142. The summed E-state index contributed by atoms with van der Waals surface area (Å²) in [6, 6.07) is 5.05. The van der Waals surface area contributed by atoms with Gasteiger partial charge in [0.15, 0.2) is 0 Å². The van der Waals surface area contributed by atoms with E-state index in [9.17, 15) is 18.8 Å². The molecule has 1 fully saturated rings. The highest BCUT2D eigenvalue weighted by Crippen LogP contribution is 2.37. The Morgan fingerprint density at radius 3 is 2.55 bits per heavy atom. The molecule has 0 spiro atoms. The van der Waals surface area contributed by atoms with Gasteiger partial charge in [0.05, 0.1) is 6.04 Å². The zero-order valence-corrected chi connectivity index (χ0v) is 12.4. The number of benzene rings is 1. The zero-order chi connectivity index (χ0) is 14.9. The maximum absolute atomic E-state index is 14.0. The Kier molecular flexibility index (Phi) is 4.32. The second-order valence-corrected chi connectivity index (χ2v) is 5.40. The van der Waals surface area contributed by atoms with E-state index in [0.717, 1.165) is 0 Å². The van der Waals surface area contributed by atoms with Crippen LogP contribution in [0.25, 0.3) is 0 Å². The summed E-state index contributed by atoms with van der Waals surface area (Å²) in [7, 11) is 0. The molecule has 1 heterocycles. The molecule has 0 aromatic heterocycles. The van der Waals surface area contributed by atoms with Gasteiger partial charge in [-0.1, -0.05) is 34.1 Å². The summed E-state index contributed by atoms with van der Waals surface area (Å²) >= 11 is 3.20. The topological polar surface area (TPSA) is 54.5 Å². The fourth-order valence-corrected chi connectivity index (χ4v) is 2.91. The number of hydrogen-bond acceptors (Lipinski definition) is 3. The summed E-state index contributed by atoms with van der Waals surface area (Å²) in [6.45, 7) is 1.49. The first kappa shape index (κ1) is 14.8. The van der Waals surface area contributed by atoms with Crippen LogP contribution in [0.1, 0.15) is 18.5 Å². The molecule has 1 amide bonds. The first-order valence-electron chi connectivity index (χ1n) is 6.14. The highest BCUT2D eigenvalue weighted by atomic mass is 79.9. The second kappa shape index (κ2) is 5.83. The van der Waals surface area contributed by atoms with Crippen LogP contribution in [0.4, 0.5) is 4.39 Å². The largest absolute Gasteiger partial charge is 0.327 e. The van der Waals surface area contributed by atoms with Gasteiger partial charge < -0.3 is 4.90 Å². The molecule has 6 heteroatoms. The van der Waals surface area contributed by atoms with Crippen LogP contribution in [-0.2, 0) is 14.4 Å². The molecule has 1 saturated heterocycles. The van der Waals surface area contributed by atoms with Gasteiger partial charge in [0.25, 0.3) is 5.91 Å². The highest BCUT2D eigenvalue weighted by molar-refractivity contribution is 9.09. The van der Waals surface area contributed by atoms with Crippen LogP contribution in [0, 0.1) is 11.7 Å². The van der Waals surface area contributed by atoms with Crippen molar-refractivity contribution in [1.29, 1.82) is 0 Å². The third-order valence-corrected chi connectivity index (χ3v) is 3.75. The molecule has 2 atom stereocenters. The minimum Gasteiger partial charge on any atom is -0.327 e. The Labute approximate surface area is 124 Å². The lowest BCUT2D eigenvalue weighted by Gasteiger charge is -2.26. The molecule has 20 heavy (non-hydrogen) atoms. The normalized spacial score (nSPS) is 22.4. The van der Waals surface area contributed by atoms with Crippen molar-refractivity contribution in [2.75, 3.05) is 11.9 Å². The van der Waals surface area contributed by atoms with Gasteiger partial charge in [-0.2, -0.15) is 0 Å². The fourth-order valence-electron chi connectivity index (χ4n) is 2.53. The third kappa shape index (κ3) is 2.40. The third-order valence-electron chi connectivity index (χ3n) is 3.39. The Balaban J connectivity index is 2.54. The molecule has 2 rings (SSSR count). The molecular formula is C14H13BrFNO3. The number of carbonyl (C=O) groups is 3. The maximum Gasteiger partial charge on any atom is 0.291 e. The van der Waals surface area contributed by atoms with E-state index in [1.807, 2.05) is 0 Å². The van der Waals surface area contributed by atoms with Crippen LogP contribution in [0.15, 0.2) is 24.3 Å². The highest BCUT2D eigenvalue weighted by Gasteiger charge is 2.50. The summed E-state index contributed by atoms with van der Waals surface area (Å²) < 4.78 is 14.0. The molecule has 0 N–H and O–H groups in total. The number of Topliss-reactive ketones (excluding diaryl/α,β-unsaturated/α-hetero) is 2. The molecule has 106 valence electrons. The second-order valence-electron chi connectivity index (χ2n) is 4.61. The predicted molar refractivity (Wildman–Crippen MR) is 73.8 cm³/mol. The standard InChI is InChI=1S/C14H13BrFNO3/c1-8(18)11-12(9-4-2-3-5-10(9)16)17(7-6-15)14(20)13(11)19/h2-5,11-12H,6-7H2,1H3. The molecule has 0 saturated carbocycles. The summed E-state index contributed by atoms with van der Waals surface area (Å²) in [6.07, 6.45) is 0. The molecule has 4 nitrogen and oxygen atoms in total. The number of amides is 1. The Morgan fingerprint density at radius 1 is 1.35 bits per heavy atom. The van der Waals surface area contributed by atoms with Crippen molar-refractivity contribution < 1.29 is 18.8 Å². The van der Waals surface area contributed by atoms with Gasteiger partial charge in [-0.25, -0.2) is 4.39 Å². The van der Waals surface area contributed by atoms with Crippen LogP contribution in [-0.4, -0.2) is 34.2 Å². The van der Waals surface area contributed by atoms with Crippen molar-refractivity contribution >= 4 is 33.4 Å². The number of rotatable bonds is 4. The Morgan fingerprint density at radius 2 is 2.00 bits per heavy atom. The monoisotopic (exact) mass is 341 g/mol. The van der Waals surface area contributed by atoms with E-state index in [-0.39, 0.29) is 12.1 Å². The van der Waals surface area contributed by atoms with Crippen molar-refractivity contribution in [3.05, 3.63) is 35.6 Å². The van der Waals surface area contributed by atoms with Crippen LogP contribution in [0.3, 0.4) is 0 Å². The summed E-state index contributed by atoms with van der Waals surface area (Å²) in [5.74, 6) is -3.55. The number of hydrogen-bond donors (Lipinski definition) is 0. The summed E-state index contributed by atoms with van der Waals surface area (Å²) in [5, 5.41) is 0.446. The van der Waals surface area contributed by atoms with Crippen molar-refractivity contribution in [1.82, 2.24) is 4.90 Å². The van der Waals surface area contributed by atoms with E-state index in [2.05, 4.69) is 15.9 Å². The smallest absolute Gasteiger partial charge is 0.291 e. The molecule has 2 unspecified atom stereocenters. The number of likely N-dealkylation sites (tertiary alicyclic amines) is 1. The fraction of sp³-hybridized carbons (Fsp3) is 0.357. The van der Waals surface area contributed by atoms with Crippen molar-refractivity contribution in [2.45, 2.75) is 13.0 Å². The van der Waals surface area contributed by atoms with Gasteiger partial charge in [0, 0.05) is 17.4 Å². The average molecular weight is 342 g/mol. The van der Waals surface area contributed by atoms with Crippen molar-refractivity contribution in [2.24, 2.45) is 5.92 Å². The quantitative estimate of drug-likeness (QED) is 0.477. The van der Waals surface area contributed by atoms with Crippen LogP contribution < -0.4 is 0 Å². The van der Waals surface area contributed by atoms with Crippen molar-refractivity contribution in [3.8, 4) is 0 Å². The SMILES string of the molecule is CC(=O)C1C(=O)C(=O)N(CCBr)C1c1ccccc1F. The minimum atomic E-state index is -1.13. The number of alkyl halides is 1. The summed E-state index contributed by atoms with van der Waals surface area (Å²) in [5.41, 5.74) is 0.202. The maximum atomic E-state index is 14.0. The van der Waals surface area contributed by atoms with E-state index in [4.69, 9.17) is 0 Å². The molecule has 1 aromatic rings. The first-order chi connectivity index (χ1) is 9.49. The van der Waals surface area contributed by atoms with E-state index in [1.54, 1.807) is 6.07 Å². The van der Waals surface area contributed by atoms with Gasteiger partial charge in [-0.05, 0) is 13.0 Å². The van der Waals surface area contributed by atoms with Gasteiger partial charge >= 0.3 is 0 Å². The molecule has 1 aromatic carbocycles. The molecule has 0 bridgehead atoms. The predicted octanol–water partition coefficient (Wildman–Crippen LogP) is 1.88. The number of carbonyl (C=O) groups excluding carboxylic acids is 3. The van der Waals surface area contributed by atoms with Gasteiger partial charge in [0.1, 0.15) is 17.5 Å². The van der Waals surface area contributed by atoms with Gasteiger partial charge in [0.2, 0.25) is 5.78 Å². The summed E-state index contributed by atoms with van der Waals surface area (Å²) in [4.78, 5) is 36.9. The Bertz CT molecular complexity index is 575. The molecule has 1 aliphatic heterocycles. The molecule has 0 aliphatic carbocycles. The van der Waals surface area contributed by atoms with E-state index < -0.39 is 35.3 Å². The molecule has 1 aliphatic rings. The first-order valence-corrected chi connectivity index (χ1v) is 7.26. The molecular weight excluding hydrogens is 329 g/mol. The zero-order valence-electron chi connectivity index (χ0n) is 10.8. The van der Waals surface area contributed by atoms with Crippen LogP contribution >= 0.6 is 15.9 Å². The number of halogens is 2.